The summed E-state index contributed by atoms with van der Waals surface area (Å²) in [5.74, 6) is 5.28. The second-order valence-electron chi connectivity index (χ2n) is 2.60. The number of hydrogen-bond acceptors (Lipinski definition) is 3. The zero-order valence-electron chi connectivity index (χ0n) is 7.53. The number of nitrogens with two attached hydrogens (primary N) is 1. The number of carbonyl (C=O) groups excluding carboxylic acids is 1. The van der Waals surface area contributed by atoms with Gasteiger partial charge in [0.2, 0.25) is 0 Å². The number of nitrogens with zero attached hydrogens (tertiary/aromatic N) is 1. The Labute approximate surface area is 77.3 Å². The predicted molar refractivity (Wildman–Crippen MR) is 51.4 cm³/mol. The monoisotopic (exact) mass is 179 g/mol. The predicted octanol–water partition coefficient (Wildman–Crippen LogP) is 1.13. The summed E-state index contributed by atoms with van der Waals surface area (Å²) in [6, 6.07) is 9.30. The van der Waals surface area contributed by atoms with E-state index in [2.05, 4.69) is 5.43 Å². The number of carbonyl (C=O) groups is 1. The lowest BCUT2D eigenvalue weighted by Crippen LogP contribution is -2.41. The Morgan fingerprint density at radius 1 is 1.46 bits per heavy atom. The van der Waals surface area contributed by atoms with Gasteiger partial charge in [-0.2, -0.15) is 5.12 Å². The molecule has 0 saturated heterocycles. The van der Waals surface area contributed by atoms with Crippen LogP contribution in [0.15, 0.2) is 30.3 Å². The summed E-state index contributed by atoms with van der Waals surface area (Å²) in [4.78, 5) is 11.1. The number of benzene rings is 1. The molecule has 0 atom stereocenters. The molecule has 13 heavy (non-hydrogen) atoms. The van der Waals surface area contributed by atoms with Crippen LogP contribution in [-0.2, 0) is 4.79 Å². The molecule has 0 spiro atoms. The van der Waals surface area contributed by atoms with Crippen LogP contribution in [-0.4, -0.2) is 11.0 Å². The van der Waals surface area contributed by atoms with Gasteiger partial charge < -0.3 is 0 Å². The lowest BCUT2D eigenvalue weighted by molar-refractivity contribution is -0.129. The van der Waals surface area contributed by atoms with Crippen molar-refractivity contribution < 1.29 is 4.79 Å². The SMILES string of the molecule is CCC(=O)N(N)Nc1ccccc1. The van der Waals surface area contributed by atoms with Crippen LogP contribution in [0.5, 0.6) is 0 Å². The summed E-state index contributed by atoms with van der Waals surface area (Å²) in [6.45, 7) is 1.76. The first-order valence-electron chi connectivity index (χ1n) is 4.13. The molecule has 4 heteroatoms. The number of rotatable bonds is 3. The van der Waals surface area contributed by atoms with E-state index < -0.39 is 0 Å². The lowest BCUT2D eigenvalue weighted by atomic mass is 10.3. The first-order valence-corrected chi connectivity index (χ1v) is 4.13. The van der Waals surface area contributed by atoms with Gasteiger partial charge in [-0.15, -0.1) is 0 Å². The topological polar surface area (TPSA) is 58.4 Å². The van der Waals surface area contributed by atoms with E-state index in [1.165, 1.54) is 0 Å². The Hall–Kier alpha value is -1.55. The summed E-state index contributed by atoms with van der Waals surface area (Å²) < 4.78 is 0. The number of anilines is 1. The molecule has 4 nitrogen and oxygen atoms in total. The summed E-state index contributed by atoms with van der Waals surface area (Å²) in [6.07, 6.45) is 0.385. The van der Waals surface area contributed by atoms with Crippen LogP contribution in [0.4, 0.5) is 5.69 Å². The van der Waals surface area contributed by atoms with E-state index in [1.807, 2.05) is 30.3 Å². The Morgan fingerprint density at radius 3 is 2.62 bits per heavy atom. The zero-order chi connectivity index (χ0) is 9.68. The fourth-order valence-corrected chi connectivity index (χ4v) is 0.884. The molecule has 0 aromatic heterocycles. The van der Waals surface area contributed by atoms with Gasteiger partial charge in [0.05, 0.1) is 5.69 Å². The van der Waals surface area contributed by atoms with Gasteiger partial charge in [0, 0.05) is 6.42 Å². The summed E-state index contributed by atoms with van der Waals surface area (Å²) in [7, 11) is 0. The maximum absolute atomic E-state index is 11.1. The Bertz CT molecular complexity index is 273. The van der Waals surface area contributed by atoms with Gasteiger partial charge >= 0.3 is 0 Å². The minimum atomic E-state index is -0.149. The molecule has 3 N–H and O–H groups in total. The van der Waals surface area contributed by atoms with E-state index in [0.29, 0.717) is 6.42 Å². The van der Waals surface area contributed by atoms with Crippen molar-refractivity contribution in [2.24, 2.45) is 5.84 Å². The molecular weight excluding hydrogens is 166 g/mol. The molecule has 0 aliphatic carbocycles. The maximum Gasteiger partial charge on any atom is 0.255 e. The van der Waals surface area contributed by atoms with Gasteiger partial charge in [-0.3, -0.25) is 10.2 Å². The first-order chi connectivity index (χ1) is 6.24. The summed E-state index contributed by atoms with van der Waals surface area (Å²) >= 11 is 0. The quantitative estimate of drug-likeness (QED) is 0.415. The van der Waals surface area contributed by atoms with Gasteiger partial charge in [-0.1, -0.05) is 25.1 Å². The molecule has 0 fully saturated rings. The van der Waals surface area contributed by atoms with Crippen LogP contribution in [0.25, 0.3) is 0 Å². The maximum atomic E-state index is 11.1. The van der Waals surface area contributed by atoms with Gasteiger partial charge in [0.1, 0.15) is 0 Å². The van der Waals surface area contributed by atoms with Crippen molar-refractivity contribution in [3.63, 3.8) is 0 Å². The number of nitrogens with one attached hydrogen (secondary N) is 1. The second kappa shape index (κ2) is 4.47. The van der Waals surface area contributed by atoms with Gasteiger partial charge in [0.15, 0.2) is 0 Å². The van der Waals surface area contributed by atoms with E-state index in [-0.39, 0.29) is 5.91 Å². The molecule has 0 aliphatic heterocycles. The third kappa shape index (κ3) is 2.76. The van der Waals surface area contributed by atoms with E-state index >= 15 is 0 Å². The normalized spacial score (nSPS) is 9.38. The van der Waals surface area contributed by atoms with E-state index in [9.17, 15) is 4.79 Å². The third-order valence-electron chi connectivity index (χ3n) is 1.59. The van der Waals surface area contributed by atoms with Gasteiger partial charge in [-0.05, 0) is 12.1 Å². The Morgan fingerprint density at radius 2 is 2.08 bits per heavy atom. The van der Waals surface area contributed by atoms with Gasteiger partial charge in [0.25, 0.3) is 5.91 Å². The molecule has 1 aromatic rings. The van der Waals surface area contributed by atoms with Crippen LogP contribution < -0.4 is 11.3 Å². The van der Waals surface area contributed by atoms with Crippen molar-refractivity contribution in [2.75, 3.05) is 5.43 Å². The number of para-hydroxylation sites is 1. The van der Waals surface area contributed by atoms with Crippen molar-refractivity contribution in [1.82, 2.24) is 5.12 Å². The Balaban J connectivity index is 2.55. The van der Waals surface area contributed by atoms with Crippen molar-refractivity contribution in [2.45, 2.75) is 13.3 Å². The molecule has 0 unspecified atom stereocenters. The average Bonchev–Trinajstić information content (AvgIpc) is 2.18. The molecule has 0 aliphatic rings. The lowest BCUT2D eigenvalue weighted by Gasteiger charge is -2.17. The first kappa shape index (κ1) is 9.54. The van der Waals surface area contributed by atoms with Crippen LogP contribution in [0.3, 0.4) is 0 Å². The molecule has 0 radical (unpaired) electrons. The minimum Gasteiger partial charge on any atom is -0.281 e. The van der Waals surface area contributed by atoms with Crippen molar-refractivity contribution in [3.8, 4) is 0 Å². The largest absolute Gasteiger partial charge is 0.281 e. The van der Waals surface area contributed by atoms with Crippen LogP contribution >= 0.6 is 0 Å². The second-order valence-corrected chi connectivity index (χ2v) is 2.60. The summed E-state index contributed by atoms with van der Waals surface area (Å²) in [5.41, 5.74) is 3.55. The van der Waals surface area contributed by atoms with E-state index in [1.54, 1.807) is 6.92 Å². The van der Waals surface area contributed by atoms with Crippen molar-refractivity contribution in [1.29, 1.82) is 0 Å². The molecule has 0 saturated carbocycles. The van der Waals surface area contributed by atoms with Crippen molar-refractivity contribution in [3.05, 3.63) is 30.3 Å². The minimum absolute atomic E-state index is 0.149. The highest BCUT2D eigenvalue weighted by molar-refractivity contribution is 5.76. The zero-order valence-corrected chi connectivity index (χ0v) is 7.53. The van der Waals surface area contributed by atoms with E-state index in [0.717, 1.165) is 10.8 Å². The smallest absolute Gasteiger partial charge is 0.255 e. The number of hydrazine groups is 2. The molecule has 70 valence electrons. The van der Waals surface area contributed by atoms with Crippen LogP contribution in [0.1, 0.15) is 13.3 Å². The fraction of sp³-hybridized carbons (Fsp3) is 0.222. The fourth-order valence-electron chi connectivity index (χ4n) is 0.884. The third-order valence-corrected chi connectivity index (χ3v) is 1.59. The van der Waals surface area contributed by atoms with Crippen molar-refractivity contribution >= 4 is 11.6 Å². The molecule has 1 amide bonds. The average molecular weight is 179 g/mol. The highest BCUT2D eigenvalue weighted by atomic mass is 16.2. The highest BCUT2D eigenvalue weighted by Gasteiger charge is 2.04. The Kier molecular flexibility index (Phi) is 3.28. The molecule has 0 bridgehead atoms. The molecule has 1 rings (SSSR count). The molecular formula is C9H13N3O. The van der Waals surface area contributed by atoms with E-state index in [4.69, 9.17) is 5.84 Å². The standard InChI is InChI=1S/C9H13N3O/c1-2-9(13)12(10)11-8-6-4-3-5-7-8/h3-7,11H,2,10H2,1H3. The van der Waals surface area contributed by atoms with Gasteiger partial charge in [-0.25, -0.2) is 5.84 Å². The summed E-state index contributed by atoms with van der Waals surface area (Å²) in [5, 5.41) is 0.995. The number of amides is 1. The number of hydrogen-bond donors (Lipinski definition) is 2. The highest BCUT2D eigenvalue weighted by Crippen LogP contribution is 2.05. The molecule has 0 heterocycles. The van der Waals surface area contributed by atoms with Crippen LogP contribution in [0, 0.1) is 0 Å². The van der Waals surface area contributed by atoms with Crippen LogP contribution in [0.2, 0.25) is 0 Å². The molecule has 1 aromatic carbocycles.